The molecule has 0 unspecified atom stereocenters. The van der Waals surface area contributed by atoms with Gasteiger partial charge in [-0.25, -0.2) is 9.78 Å². The van der Waals surface area contributed by atoms with E-state index in [2.05, 4.69) is 41.7 Å². The van der Waals surface area contributed by atoms with E-state index in [1.54, 1.807) is 0 Å². The van der Waals surface area contributed by atoms with Crippen molar-refractivity contribution in [3.8, 4) is 0 Å². The lowest BCUT2D eigenvalue weighted by Gasteiger charge is -2.36. The number of nitrogens with one attached hydrogen (secondary N) is 1. The van der Waals surface area contributed by atoms with Gasteiger partial charge in [0.2, 0.25) is 0 Å². The predicted octanol–water partition coefficient (Wildman–Crippen LogP) is 7.60. The third kappa shape index (κ3) is 4.98. The number of anilines is 1. The Bertz CT molecular complexity index is 1210. The molecular weight excluding hydrogens is 464 g/mol. The van der Waals surface area contributed by atoms with E-state index in [0.29, 0.717) is 16.7 Å². The smallest absolute Gasteiger partial charge is 0.337 e. The highest BCUT2D eigenvalue weighted by atomic mass is 32.1. The molecule has 1 saturated carbocycles. The van der Waals surface area contributed by atoms with Crippen LogP contribution in [0.2, 0.25) is 0 Å². The van der Waals surface area contributed by atoms with Crippen molar-refractivity contribution in [1.82, 2.24) is 4.98 Å². The quantitative estimate of drug-likeness (QED) is 0.186. The number of hydrogen-bond acceptors (Lipinski definition) is 4. The highest BCUT2D eigenvalue weighted by Crippen LogP contribution is 2.41. The first-order valence-corrected chi connectivity index (χ1v) is 13.4. The van der Waals surface area contributed by atoms with Gasteiger partial charge >= 0.3 is 5.97 Å². The van der Waals surface area contributed by atoms with Gasteiger partial charge in [0, 0.05) is 5.38 Å². The highest BCUT2D eigenvalue weighted by Gasteiger charge is 2.37. The van der Waals surface area contributed by atoms with Crippen LogP contribution in [0.25, 0.3) is 5.57 Å². The van der Waals surface area contributed by atoms with Gasteiger partial charge < -0.3 is 10.4 Å². The molecule has 2 N–H and O–H groups in total. The monoisotopic (exact) mass is 494 g/mol. The van der Waals surface area contributed by atoms with Gasteiger partial charge in [-0.1, -0.05) is 123 Å². The zero-order chi connectivity index (χ0) is 24.8. The van der Waals surface area contributed by atoms with Crippen LogP contribution in [-0.4, -0.2) is 16.1 Å². The topological polar surface area (TPSA) is 62.2 Å². The first kappa shape index (κ1) is 24.0. The van der Waals surface area contributed by atoms with Crippen LogP contribution in [0.15, 0.2) is 102 Å². The van der Waals surface area contributed by atoms with Crippen molar-refractivity contribution >= 4 is 28.0 Å². The van der Waals surface area contributed by atoms with Crippen molar-refractivity contribution in [3.05, 3.63) is 125 Å². The third-order valence-corrected chi connectivity index (χ3v) is 7.81. The number of thiazole rings is 1. The van der Waals surface area contributed by atoms with Gasteiger partial charge in [-0.3, -0.25) is 0 Å². The maximum atomic E-state index is 12.1. The summed E-state index contributed by atoms with van der Waals surface area (Å²) in [6.45, 7) is 0. The summed E-state index contributed by atoms with van der Waals surface area (Å²) < 4.78 is 0. The maximum Gasteiger partial charge on any atom is 0.337 e. The lowest BCUT2D eigenvalue weighted by molar-refractivity contribution is -0.130. The van der Waals surface area contributed by atoms with Gasteiger partial charge in [0.25, 0.3) is 0 Å². The Labute approximate surface area is 216 Å². The minimum atomic E-state index is -0.926. The lowest BCUT2D eigenvalue weighted by Crippen LogP contribution is -2.38. The van der Waals surface area contributed by atoms with Crippen LogP contribution >= 0.6 is 11.3 Å². The number of carboxylic acid groups (broad SMARTS) is 1. The zero-order valence-corrected chi connectivity index (χ0v) is 21.0. The number of allylic oxidation sites excluding steroid dienone is 1. The number of aliphatic carboxylic acids is 1. The number of carboxylic acids is 1. The van der Waals surface area contributed by atoms with E-state index in [9.17, 15) is 9.90 Å². The molecule has 1 aromatic heterocycles. The van der Waals surface area contributed by atoms with E-state index in [-0.39, 0.29) is 5.57 Å². The van der Waals surface area contributed by atoms with Gasteiger partial charge in [-0.2, -0.15) is 0 Å². The fourth-order valence-electron chi connectivity index (χ4n) is 5.23. The molecule has 36 heavy (non-hydrogen) atoms. The molecule has 3 aromatic carbocycles. The van der Waals surface area contributed by atoms with Crippen molar-refractivity contribution in [2.75, 3.05) is 5.32 Å². The molecule has 4 aromatic rings. The summed E-state index contributed by atoms with van der Waals surface area (Å²) in [6, 6.07) is 31.0. The average molecular weight is 495 g/mol. The first-order valence-electron chi connectivity index (χ1n) is 12.5. The van der Waals surface area contributed by atoms with Gasteiger partial charge in [0.1, 0.15) is 5.54 Å². The summed E-state index contributed by atoms with van der Waals surface area (Å²) in [4.78, 5) is 16.9. The Morgan fingerprint density at radius 3 is 1.86 bits per heavy atom. The number of benzene rings is 3. The van der Waals surface area contributed by atoms with Crippen LogP contribution in [0.4, 0.5) is 5.13 Å². The van der Waals surface area contributed by atoms with E-state index in [1.807, 2.05) is 66.1 Å². The van der Waals surface area contributed by atoms with Crippen LogP contribution in [0.5, 0.6) is 0 Å². The van der Waals surface area contributed by atoms with Crippen LogP contribution in [0, 0.1) is 5.92 Å². The minimum absolute atomic E-state index is 0.288. The van der Waals surface area contributed by atoms with Crippen molar-refractivity contribution in [1.29, 1.82) is 0 Å². The average Bonchev–Trinajstić information content (AvgIpc) is 3.61. The molecule has 0 atom stereocenters. The summed E-state index contributed by atoms with van der Waals surface area (Å²) in [5.41, 5.74) is 3.33. The van der Waals surface area contributed by atoms with E-state index in [4.69, 9.17) is 4.98 Å². The molecule has 0 saturated heterocycles. The van der Waals surface area contributed by atoms with Crippen LogP contribution < -0.4 is 5.32 Å². The van der Waals surface area contributed by atoms with Gasteiger partial charge in [0.15, 0.2) is 5.13 Å². The molecule has 0 aliphatic heterocycles. The van der Waals surface area contributed by atoms with Gasteiger partial charge in [-0.05, 0) is 29.0 Å². The standard InChI is InChI=1S/C31H30N2O2S/c34-29(35)27(21-20-23-12-10-11-13-23)28-22-36-30(32-28)33-31(24-14-4-1-5-15-24,25-16-6-2-7-17-25)26-18-8-3-9-19-26/h1-9,14-19,21-23H,10-13,20H2,(H,32,33)(H,34,35)/b27-21-. The minimum Gasteiger partial charge on any atom is -0.478 e. The van der Waals surface area contributed by atoms with Gasteiger partial charge in [0.05, 0.1) is 11.3 Å². The Balaban J connectivity index is 1.57. The highest BCUT2D eigenvalue weighted by molar-refractivity contribution is 7.13. The molecule has 182 valence electrons. The third-order valence-electron chi connectivity index (χ3n) is 7.06. The Morgan fingerprint density at radius 1 is 0.889 bits per heavy atom. The molecule has 1 aliphatic rings. The molecule has 1 heterocycles. The molecular formula is C31H30N2O2S. The Morgan fingerprint density at radius 2 is 1.39 bits per heavy atom. The SMILES string of the molecule is O=C(O)/C(=C\CC1CCCC1)c1csc(NC(c2ccccc2)(c2ccccc2)c2ccccc2)n1. The maximum absolute atomic E-state index is 12.1. The molecule has 1 aliphatic carbocycles. The van der Waals surface area contributed by atoms with Crippen LogP contribution in [0.3, 0.4) is 0 Å². The van der Waals surface area contributed by atoms with Crippen molar-refractivity contribution in [3.63, 3.8) is 0 Å². The second-order valence-electron chi connectivity index (χ2n) is 9.32. The lowest BCUT2D eigenvalue weighted by atomic mass is 9.77. The second-order valence-corrected chi connectivity index (χ2v) is 10.2. The summed E-state index contributed by atoms with van der Waals surface area (Å²) in [5.74, 6) is -0.345. The van der Waals surface area contributed by atoms with Crippen molar-refractivity contribution in [2.45, 2.75) is 37.6 Å². The number of aromatic nitrogens is 1. The molecule has 0 spiro atoms. The summed E-state index contributed by atoms with van der Waals surface area (Å²) >= 11 is 1.44. The summed E-state index contributed by atoms with van der Waals surface area (Å²) in [5, 5.41) is 16.2. The van der Waals surface area contributed by atoms with Crippen LogP contribution in [0.1, 0.15) is 54.5 Å². The zero-order valence-electron chi connectivity index (χ0n) is 20.1. The molecule has 5 heteroatoms. The molecule has 0 bridgehead atoms. The molecule has 0 radical (unpaired) electrons. The fourth-order valence-corrected chi connectivity index (χ4v) is 5.99. The Kier molecular flexibility index (Phi) is 7.28. The van der Waals surface area contributed by atoms with Crippen LogP contribution in [-0.2, 0) is 10.3 Å². The molecule has 0 amide bonds. The molecule has 5 rings (SSSR count). The normalized spacial score (nSPS) is 14.6. The fraction of sp³-hybridized carbons (Fsp3) is 0.226. The van der Waals surface area contributed by atoms with E-state index in [1.165, 1.54) is 37.0 Å². The number of hydrogen-bond donors (Lipinski definition) is 2. The number of carbonyl (C=O) groups is 1. The molecule has 1 fully saturated rings. The predicted molar refractivity (Wildman–Crippen MR) is 147 cm³/mol. The number of rotatable bonds is 9. The van der Waals surface area contributed by atoms with Crippen molar-refractivity contribution in [2.24, 2.45) is 5.92 Å². The second kappa shape index (κ2) is 10.9. The van der Waals surface area contributed by atoms with Gasteiger partial charge in [-0.15, -0.1) is 11.3 Å². The summed E-state index contributed by atoms with van der Waals surface area (Å²) in [6.07, 6.45) is 7.51. The van der Waals surface area contributed by atoms with Crippen molar-refractivity contribution < 1.29 is 9.90 Å². The van der Waals surface area contributed by atoms with E-state index in [0.717, 1.165) is 23.1 Å². The first-order chi connectivity index (χ1) is 17.7. The summed E-state index contributed by atoms with van der Waals surface area (Å²) in [7, 11) is 0. The largest absolute Gasteiger partial charge is 0.478 e. The van der Waals surface area contributed by atoms with E-state index < -0.39 is 11.5 Å². The number of nitrogens with zero attached hydrogens (tertiary/aromatic N) is 1. The Hall–Kier alpha value is -3.70. The van der Waals surface area contributed by atoms with E-state index >= 15 is 0 Å². The molecule has 4 nitrogen and oxygen atoms in total.